The Morgan fingerprint density at radius 1 is 1.41 bits per heavy atom. The molecule has 0 aliphatic carbocycles. The lowest BCUT2D eigenvalue weighted by Crippen LogP contribution is -2.24. The van der Waals surface area contributed by atoms with Gasteiger partial charge in [-0.05, 0) is 32.2 Å². The normalized spacial score (nSPS) is 13.1. The zero-order valence-corrected chi connectivity index (χ0v) is 13.2. The molecule has 1 unspecified atom stereocenters. The van der Waals surface area contributed by atoms with Crippen LogP contribution in [0.25, 0.3) is 11.5 Å². The fourth-order valence-corrected chi connectivity index (χ4v) is 2.32. The number of aromatic nitrogens is 2. The average molecular weight is 328 g/mol. The molecule has 1 heterocycles. The van der Waals surface area contributed by atoms with E-state index in [4.69, 9.17) is 4.52 Å². The Morgan fingerprint density at radius 2 is 2.14 bits per heavy atom. The molecule has 0 fully saturated rings. The fourth-order valence-electron chi connectivity index (χ4n) is 1.77. The second-order valence-electron chi connectivity index (χ2n) is 4.98. The van der Waals surface area contributed by atoms with Gasteiger partial charge in [-0.1, -0.05) is 5.16 Å². The third-order valence-electron chi connectivity index (χ3n) is 2.96. The number of hydrogen-bond acceptors (Lipinski definition) is 6. The van der Waals surface area contributed by atoms with Gasteiger partial charge in [0.15, 0.2) is 5.82 Å². The number of anilines is 1. The van der Waals surface area contributed by atoms with E-state index in [0.717, 1.165) is 12.3 Å². The summed E-state index contributed by atoms with van der Waals surface area (Å²) in [5.41, 5.74) is 0.270. The van der Waals surface area contributed by atoms with Gasteiger partial charge in [-0.3, -0.25) is 4.72 Å². The standard InChI is InChI=1S/C13H17FN4O3S/c1-8(15-2)6-12-16-13(21-17-12)9-4-5-10(14)11(7-9)18-22(3,19)20/h4-5,7-8,15,18H,6H2,1-3H3. The summed E-state index contributed by atoms with van der Waals surface area (Å²) in [6.45, 7) is 1.97. The average Bonchev–Trinajstić information content (AvgIpc) is 2.88. The summed E-state index contributed by atoms with van der Waals surface area (Å²) >= 11 is 0. The summed E-state index contributed by atoms with van der Waals surface area (Å²) < 4.78 is 43.3. The van der Waals surface area contributed by atoms with Crippen LogP contribution < -0.4 is 10.0 Å². The molecule has 7 nitrogen and oxygen atoms in total. The van der Waals surface area contributed by atoms with Crippen molar-refractivity contribution in [3.8, 4) is 11.5 Å². The molecule has 0 spiro atoms. The predicted molar refractivity (Wildman–Crippen MR) is 80.4 cm³/mol. The SMILES string of the molecule is CNC(C)Cc1noc(-c2ccc(F)c(NS(C)(=O)=O)c2)n1. The van der Waals surface area contributed by atoms with Gasteiger partial charge in [0.05, 0.1) is 11.9 Å². The van der Waals surface area contributed by atoms with Gasteiger partial charge in [0, 0.05) is 18.0 Å². The fraction of sp³-hybridized carbons (Fsp3) is 0.385. The number of rotatable bonds is 6. The number of benzene rings is 1. The molecule has 0 saturated carbocycles. The van der Waals surface area contributed by atoms with E-state index in [-0.39, 0.29) is 17.6 Å². The van der Waals surface area contributed by atoms with Gasteiger partial charge in [-0.15, -0.1) is 0 Å². The van der Waals surface area contributed by atoms with Crippen molar-refractivity contribution in [3.05, 3.63) is 29.8 Å². The Hall–Kier alpha value is -2.00. The van der Waals surface area contributed by atoms with Crippen LogP contribution in [0.3, 0.4) is 0 Å². The molecule has 0 aliphatic rings. The van der Waals surface area contributed by atoms with Crippen molar-refractivity contribution < 1.29 is 17.3 Å². The van der Waals surface area contributed by atoms with Crippen LogP contribution in [-0.2, 0) is 16.4 Å². The van der Waals surface area contributed by atoms with Crippen LogP contribution in [0.5, 0.6) is 0 Å². The van der Waals surface area contributed by atoms with Crippen LogP contribution in [-0.4, -0.2) is 37.9 Å². The van der Waals surface area contributed by atoms with Crippen LogP contribution in [0.15, 0.2) is 22.7 Å². The molecule has 0 radical (unpaired) electrons. The maximum atomic E-state index is 13.6. The Balaban J connectivity index is 2.28. The van der Waals surface area contributed by atoms with Gasteiger partial charge in [0.1, 0.15) is 5.82 Å². The highest BCUT2D eigenvalue weighted by molar-refractivity contribution is 7.92. The van der Waals surface area contributed by atoms with E-state index in [2.05, 4.69) is 20.2 Å². The molecule has 1 aromatic carbocycles. The summed E-state index contributed by atoms with van der Waals surface area (Å²) in [6.07, 6.45) is 1.53. The lowest BCUT2D eigenvalue weighted by molar-refractivity contribution is 0.418. The van der Waals surface area contributed by atoms with Crippen LogP contribution in [0.2, 0.25) is 0 Å². The van der Waals surface area contributed by atoms with Crippen molar-refractivity contribution in [2.45, 2.75) is 19.4 Å². The van der Waals surface area contributed by atoms with E-state index in [0.29, 0.717) is 17.8 Å². The predicted octanol–water partition coefficient (Wildman–Crippen LogP) is 1.40. The van der Waals surface area contributed by atoms with Crippen LogP contribution in [0.1, 0.15) is 12.7 Å². The summed E-state index contributed by atoms with van der Waals surface area (Å²) in [6, 6.07) is 4.08. The maximum absolute atomic E-state index is 13.6. The van der Waals surface area contributed by atoms with Crippen molar-refractivity contribution in [2.24, 2.45) is 0 Å². The van der Waals surface area contributed by atoms with Crippen molar-refractivity contribution in [1.82, 2.24) is 15.5 Å². The summed E-state index contributed by atoms with van der Waals surface area (Å²) in [7, 11) is -1.75. The molecule has 2 N–H and O–H groups in total. The highest BCUT2D eigenvalue weighted by atomic mass is 32.2. The molecule has 0 amide bonds. The van der Waals surface area contributed by atoms with E-state index in [1.54, 1.807) is 0 Å². The minimum Gasteiger partial charge on any atom is -0.334 e. The minimum absolute atomic E-state index is 0.164. The highest BCUT2D eigenvalue weighted by Gasteiger charge is 2.14. The summed E-state index contributed by atoms with van der Waals surface area (Å²) in [4.78, 5) is 4.22. The lowest BCUT2D eigenvalue weighted by Gasteiger charge is -2.06. The van der Waals surface area contributed by atoms with Crippen molar-refractivity contribution >= 4 is 15.7 Å². The van der Waals surface area contributed by atoms with Crippen LogP contribution >= 0.6 is 0 Å². The monoisotopic (exact) mass is 328 g/mol. The molecular formula is C13H17FN4O3S. The first-order valence-corrected chi connectivity index (χ1v) is 8.45. The van der Waals surface area contributed by atoms with Crippen LogP contribution in [0.4, 0.5) is 10.1 Å². The number of halogens is 1. The topological polar surface area (TPSA) is 97.1 Å². The maximum Gasteiger partial charge on any atom is 0.257 e. The van der Waals surface area contributed by atoms with Crippen LogP contribution in [0, 0.1) is 5.82 Å². The Kier molecular flexibility index (Phi) is 4.77. The largest absolute Gasteiger partial charge is 0.334 e. The second-order valence-corrected chi connectivity index (χ2v) is 6.73. The zero-order chi connectivity index (χ0) is 16.3. The van der Waals surface area contributed by atoms with E-state index in [9.17, 15) is 12.8 Å². The first kappa shape index (κ1) is 16.4. The highest BCUT2D eigenvalue weighted by Crippen LogP contribution is 2.24. The Morgan fingerprint density at radius 3 is 2.77 bits per heavy atom. The third kappa shape index (κ3) is 4.25. The summed E-state index contributed by atoms with van der Waals surface area (Å²) in [5.74, 6) is 0.0337. The number of nitrogens with zero attached hydrogens (tertiary/aromatic N) is 2. The number of likely N-dealkylation sites (N-methyl/N-ethyl adjacent to an activating group) is 1. The van der Waals surface area contributed by atoms with E-state index < -0.39 is 15.8 Å². The molecule has 120 valence electrons. The molecule has 0 saturated heterocycles. The molecule has 2 aromatic rings. The van der Waals surface area contributed by atoms with Gasteiger partial charge in [0.2, 0.25) is 10.0 Å². The molecule has 9 heteroatoms. The minimum atomic E-state index is -3.58. The third-order valence-corrected chi connectivity index (χ3v) is 3.55. The number of hydrogen-bond donors (Lipinski definition) is 2. The molecule has 1 aromatic heterocycles. The second kappa shape index (κ2) is 6.41. The van der Waals surface area contributed by atoms with Gasteiger partial charge >= 0.3 is 0 Å². The first-order valence-electron chi connectivity index (χ1n) is 6.56. The Labute approximate surface area is 128 Å². The van der Waals surface area contributed by atoms with Gasteiger partial charge in [-0.2, -0.15) is 4.98 Å². The molecule has 22 heavy (non-hydrogen) atoms. The number of nitrogens with one attached hydrogen (secondary N) is 2. The molecule has 0 bridgehead atoms. The zero-order valence-electron chi connectivity index (χ0n) is 12.4. The van der Waals surface area contributed by atoms with Gasteiger partial charge < -0.3 is 9.84 Å². The molecule has 0 aliphatic heterocycles. The van der Waals surface area contributed by atoms with Crippen molar-refractivity contribution in [1.29, 1.82) is 0 Å². The smallest absolute Gasteiger partial charge is 0.257 e. The summed E-state index contributed by atoms with van der Waals surface area (Å²) in [5, 5.41) is 6.91. The lowest BCUT2D eigenvalue weighted by atomic mass is 10.2. The van der Waals surface area contributed by atoms with E-state index in [1.807, 2.05) is 14.0 Å². The molecule has 2 rings (SSSR count). The van der Waals surface area contributed by atoms with Gasteiger partial charge in [0.25, 0.3) is 5.89 Å². The van der Waals surface area contributed by atoms with E-state index >= 15 is 0 Å². The van der Waals surface area contributed by atoms with E-state index in [1.165, 1.54) is 12.1 Å². The van der Waals surface area contributed by atoms with Crippen molar-refractivity contribution in [2.75, 3.05) is 18.0 Å². The number of sulfonamides is 1. The Bertz CT molecular complexity index is 760. The van der Waals surface area contributed by atoms with Crippen molar-refractivity contribution in [3.63, 3.8) is 0 Å². The van der Waals surface area contributed by atoms with Gasteiger partial charge in [-0.25, -0.2) is 12.8 Å². The first-order chi connectivity index (χ1) is 10.3. The molecule has 1 atom stereocenters. The molecular weight excluding hydrogens is 311 g/mol. The quantitative estimate of drug-likeness (QED) is 0.832.